The minimum atomic E-state index is -1.24. The molecule has 0 aromatic carbocycles. The third-order valence-electron chi connectivity index (χ3n) is 5.18. The predicted molar refractivity (Wildman–Crippen MR) is 121 cm³/mol. The Balaban J connectivity index is 1.56. The molecule has 172 valence electrons. The van der Waals surface area contributed by atoms with E-state index in [1.54, 1.807) is 18.3 Å². The molecule has 3 amide bonds. The van der Waals surface area contributed by atoms with Crippen LogP contribution in [0.5, 0.6) is 0 Å². The normalized spacial score (nSPS) is 19.9. The summed E-state index contributed by atoms with van der Waals surface area (Å²) in [6.07, 6.45) is 1.49. The number of hydrogen-bond acceptors (Lipinski definition) is 9. The molecule has 3 N–H and O–H groups in total. The number of aromatic nitrogens is 1. The van der Waals surface area contributed by atoms with Crippen molar-refractivity contribution in [2.45, 2.75) is 24.2 Å². The maximum atomic E-state index is 12.9. The maximum Gasteiger partial charge on any atom is 0.339 e. The highest BCUT2D eigenvalue weighted by Gasteiger charge is 2.42. The number of imide groups is 1. The Morgan fingerprint density at radius 2 is 2.09 bits per heavy atom. The molecule has 0 spiro atoms. The summed E-state index contributed by atoms with van der Waals surface area (Å²) in [5.41, 5.74) is 1.07. The summed E-state index contributed by atoms with van der Waals surface area (Å²) >= 11 is 1.91. The van der Waals surface area contributed by atoms with Crippen molar-refractivity contribution < 1.29 is 34.1 Å². The lowest BCUT2D eigenvalue weighted by molar-refractivity contribution is -0.128. The number of thiophene rings is 1. The smallest absolute Gasteiger partial charge is 0.339 e. The van der Waals surface area contributed by atoms with Gasteiger partial charge in [0.15, 0.2) is 5.76 Å². The molecule has 10 nitrogen and oxygen atoms in total. The topological polar surface area (TPSA) is 146 Å². The molecule has 33 heavy (non-hydrogen) atoms. The lowest BCUT2D eigenvalue weighted by Crippen LogP contribution is -2.37. The van der Waals surface area contributed by atoms with Crippen molar-refractivity contribution in [3.8, 4) is 0 Å². The summed E-state index contributed by atoms with van der Waals surface area (Å²) in [6, 6.07) is 5.36. The van der Waals surface area contributed by atoms with E-state index in [9.17, 15) is 29.4 Å². The number of carbonyl (C=O) groups excluding carboxylic acids is 3. The molecule has 0 saturated carbocycles. The van der Waals surface area contributed by atoms with E-state index in [4.69, 9.17) is 4.74 Å². The Hall–Kier alpha value is -3.22. The number of aliphatic hydroxyl groups excluding tert-OH is 1. The zero-order valence-electron chi connectivity index (χ0n) is 17.1. The van der Waals surface area contributed by atoms with E-state index in [2.05, 4.69) is 16.9 Å². The van der Waals surface area contributed by atoms with Crippen LogP contribution < -0.4 is 5.32 Å². The maximum absolute atomic E-state index is 12.9. The van der Waals surface area contributed by atoms with E-state index in [1.807, 2.05) is 6.07 Å². The van der Waals surface area contributed by atoms with Gasteiger partial charge >= 0.3 is 5.97 Å². The monoisotopic (exact) mass is 489 g/mol. The van der Waals surface area contributed by atoms with Gasteiger partial charge in [0.05, 0.1) is 24.0 Å². The van der Waals surface area contributed by atoms with Crippen molar-refractivity contribution in [3.63, 3.8) is 0 Å². The van der Waals surface area contributed by atoms with Crippen LogP contribution in [0.25, 0.3) is 0 Å². The van der Waals surface area contributed by atoms with Gasteiger partial charge in [-0.3, -0.25) is 24.3 Å². The van der Waals surface area contributed by atoms with E-state index in [0.29, 0.717) is 29.0 Å². The van der Waals surface area contributed by atoms with E-state index < -0.39 is 34.2 Å². The van der Waals surface area contributed by atoms with Gasteiger partial charge in [-0.2, -0.15) is 0 Å². The summed E-state index contributed by atoms with van der Waals surface area (Å²) in [4.78, 5) is 55.1. The highest BCUT2D eigenvalue weighted by Crippen LogP contribution is 2.43. The van der Waals surface area contributed by atoms with Gasteiger partial charge in [-0.15, -0.1) is 11.3 Å². The molecule has 2 aromatic heterocycles. The molecule has 0 radical (unpaired) electrons. The molecule has 2 aromatic rings. The molecule has 4 heterocycles. The van der Waals surface area contributed by atoms with Crippen LogP contribution in [0.2, 0.25) is 0 Å². The van der Waals surface area contributed by atoms with Gasteiger partial charge in [0.25, 0.3) is 11.1 Å². The molecule has 1 fully saturated rings. The summed E-state index contributed by atoms with van der Waals surface area (Å²) in [7, 11) is 0. The largest absolute Gasteiger partial charge is 0.503 e. The SMILES string of the molecule is C=C(O)C(=O)Nc1sc2c(c1C(=O)O)CCOC2CN1C(=O)SC(Cc2ccccn2)C1=O. The molecular formula is C21H19N3O7S2. The van der Waals surface area contributed by atoms with E-state index in [-0.39, 0.29) is 29.6 Å². The fourth-order valence-electron chi connectivity index (χ4n) is 3.66. The number of rotatable bonds is 7. The number of carboxylic acids is 1. The van der Waals surface area contributed by atoms with Gasteiger partial charge in [-0.05, 0) is 24.1 Å². The number of amides is 3. The molecule has 4 rings (SSSR count). The molecule has 2 aliphatic rings. The quantitative estimate of drug-likeness (QED) is 0.395. The Bertz CT molecular complexity index is 1150. The first kappa shape index (κ1) is 23.0. The number of carboxylic acid groups (broad SMARTS) is 1. The van der Waals surface area contributed by atoms with Crippen LogP contribution in [-0.4, -0.2) is 61.5 Å². The molecule has 2 atom stereocenters. The number of anilines is 1. The highest BCUT2D eigenvalue weighted by atomic mass is 32.2. The number of fused-ring (bicyclic) bond motifs is 1. The molecule has 0 bridgehead atoms. The molecule has 2 unspecified atom stereocenters. The van der Waals surface area contributed by atoms with Gasteiger partial charge in [0, 0.05) is 23.2 Å². The van der Waals surface area contributed by atoms with E-state index >= 15 is 0 Å². The lowest BCUT2D eigenvalue weighted by Gasteiger charge is -2.26. The number of aromatic carboxylic acids is 1. The van der Waals surface area contributed by atoms with Crippen molar-refractivity contribution >= 4 is 51.1 Å². The zero-order valence-corrected chi connectivity index (χ0v) is 18.8. The molecular weight excluding hydrogens is 470 g/mol. The minimum Gasteiger partial charge on any atom is -0.503 e. The Kier molecular flexibility index (Phi) is 6.49. The van der Waals surface area contributed by atoms with E-state index in [1.165, 1.54) is 0 Å². The average molecular weight is 490 g/mol. The van der Waals surface area contributed by atoms with Crippen molar-refractivity contribution in [1.29, 1.82) is 0 Å². The van der Waals surface area contributed by atoms with Crippen LogP contribution in [0.15, 0.2) is 36.7 Å². The van der Waals surface area contributed by atoms with Crippen LogP contribution in [0.1, 0.15) is 32.6 Å². The van der Waals surface area contributed by atoms with Gasteiger partial charge in [0.2, 0.25) is 5.91 Å². The third-order valence-corrected chi connectivity index (χ3v) is 7.49. The Morgan fingerprint density at radius 1 is 1.30 bits per heavy atom. The number of pyridine rings is 1. The van der Waals surface area contributed by atoms with Crippen LogP contribution in [0, 0.1) is 0 Å². The van der Waals surface area contributed by atoms with Gasteiger partial charge in [0.1, 0.15) is 11.1 Å². The summed E-state index contributed by atoms with van der Waals surface area (Å²) in [5.74, 6) is -3.28. The Morgan fingerprint density at radius 3 is 2.76 bits per heavy atom. The van der Waals surface area contributed by atoms with Crippen molar-refractivity contribution in [2.24, 2.45) is 0 Å². The van der Waals surface area contributed by atoms with Crippen LogP contribution >= 0.6 is 23.1 Å². The second-order valence-corrected chi connectivity index (χ2v) is 9.52. The number of hydrogen-bond donors (Lipinski definition) is 3. The fourth-order valence-corrected chi connectivity index (χ4v) is 5.96. The fraction of sp³-hybridized carbons (Fsp3) is 0.286. The third kappa shape index (κ3) is 4.63. The minimum absolute atomic E-state index is 0.0321. The highest BCUT2D eigenvalue weighted by molar-refractivity contribution is 8.15. The first-order chi connectivity index (χ1) is 15.8. The first-order valence-corrected chi connectivity index (χ1v) is 11.6. The number of nitrogens with one attached hydrogen (secondary N) is 1. The standard InChI is InChI=1S/C21H19N3O7S2/c1-10(25)17(26)23-18-15(20(28)29)12-5-7-31-13(16(12)33-18)9-24-19(27)14(32-21(24)30)8-11-4-2-3-6-22-11/h2-4,6,13-14,25H,1,5,7-9H2,(H,23,26)(H,28,29). The van der Waals surface area contributed by atoms with Crippen molar-refractivity contribution in [3.05, 3.63) is 58.4 Å². The number of nitrogens with zero attached hydrogens (tertiary/aromatic N) is 2. The number of aliphatic hydroxyl groups is 1. The van der Waals surface area contributed by atoms with Crippen molar-refractivity contribution in [1.82, 2.24) is 9.88 Å². The Labute approximate surface area is 196 Å². The predicted octanol–water partition coefficient (Wildman–Crippen LogP) is 2.77. The molecule has 0 aliphatic carbocycles. The van der Waals surface area contributed by atoms with E-state index in [0.717, 1.165) is 28.0 Å². The first-order valence-electron chi connectivity index (χ1n) is 9.87. The van der Waals surface area contributed by atoms with Gasteiger partial charge in [-0.25, -0.2) is 4.79 Å². The molecule has 2 aliphatic heterocycles. The average Bonchev–Trinajstić information content (AvgIpc) is 3.27. The van der Waals surface area contributed by atoms with Crippen molar-refractivity contribution in [2.75, 3.05) is 18.5 Å². The second-order valence-electron chi connectivity index (χ2n) is 7.31. The van der Waals surface area contributed by atoms with Crippen LogP contribution in [0.4, 0.5) is 9.80 Å². The number of thioether (sulfide) groups is 1. The number of ether oxygens (including phenoxy) is 1. The second kappa shape index (κ2) is 9.33. The summed E-state index contributed by atoms with van der Waals surface area (Å²) in [6.45, 7) is 3.25. The molecule has 1 saturated heterocycles. The van der Waals surface area contributed by atoms with Crippen LogP contribution in [0.3, 0.4) is 0 Å². The van der Waals surface area contributed by atoms with Gasteiger partial charge in [-0.1, -0.05) is 24.4 Å². The summed E-state index contributed by atoms with van der Waals surface area (Å²) < 4.78 is 5.79. The van der Waals surface area contributed by atoms with Gasteiger partial charge < -0.3 is 20.3 Å². The molecule has 12 heteroatoms. The zero-order chi connectivity index (χ0) is 23.7. The lowest BCUT2D eigenvalue weighted by atomic mass is 10.0. The number of carbonyl (C=O) groups is 4. The van der Waals surface area contributed by atoms with Crippen LogP contribution in [-0.2, 0) is 27.2 Å². The summed E-state index contributed by atoms with van der Waals surface area (Å²) in [5, 5.41) is 20.4.